The fourth-order valence-corrected chi connectivity index (χ4v) is 3.89. The van der Waals surface area contributed by atoms with Gasteiger partial charge in [0.25, 0.3) is 0 Å². The fourth-order valence-electron chi connectivity index (χ4n) is 3.89. The van der Waals surface area contributed by atoms with Crippen molar-refractivity contribution in [3.05, 3.63) is 36.5 Å². The van der Waals surface area contributed by atoms with Crippen LogP contribution in [0.15, 0.2) is 36.5 Å². The van der Waals surface area contributed by atoms with Crippen molar-refractivity contribution in [2.45, 2.75) is 45.4 Å². The van der Waals surface area contributed by atoms with Crippen LogP contribution in [0.3, 0.4) is 0 Å². The van der Waals surface area contributed by atoms with E-state index in [1.54, 1.807) is 6.20 Å². The SMILES string of the molecule is COCC(=O)N[C@H](C(=O)N1C[C@H](Oc2nccc3ccccc23)C[C@H]1C(N)=O)C(C)(C)C. The first-order valence-corrected chi connectivity index (χ1v) is 10.5. The molecule has 0 radical (unpaired) electrons. The van der Waals surface area contributed by atoms with Crippen LogP contribution in [0.1, 0.15) is 27.2 Å². The minimum Gasteiger partial charge on any atom is -0.472 e. The molecule has 0 saturated carbocycles. The van der Waals surface area contributed by atoms with Crippen molar-refractivity contribution in [2.75, 3.05) is 20.3 Å². The Morgan fingerprint density at radius 3 is 2.62 bits per heavy atom. The maximum absolute atomic E-state index is 13.4. The van der Waals surface area contributed by atoms with Gasteiger partial charge in [0.05, 0.1) is 6.54 Å². The van der Waals surface area contributed by atoms with E-state index in [9.17, 15) is 14.4 Å². The molecule has 2 aromatic rings. The number of fused-ring (bicyclic) bond motifs is 1. The number of methoxy groups -OCH3 is 1. The highest BCUT2D eigenvalue weighted by Crippen LogP contribution is 2.30. The van der Waals surface area contributed by atoms with Crippen LogP contribution >= 0.6 is 0 Å². The zero-order valence-electron chi connectivity index (χ0n) is 18.8. The summed E-state index contributed by atoms with van der Waals surface area (Å²) < 4.78 is 11.0. The molecule has 172 valence electrons. The largest absolute Gasteiger partial charge is 0.472 e. The molecule has 0 spiro atoms. The Morgan fingerprint density at radius 2 is 1.97 bits per heavy atom. The van der Waals surface area contributed by atoms with E-state index in [2.05, 4.69) is 10.3 Å². The van der Waals surface area contributed by atoms with E-state index in [4.69, 9.17) is 15.2 Å². The molecule has 3 atom stereocenters. The Balaban J connectivity index is 1.83. The predicted octanol–water partition coefficient (Wildman–Crippen LogP) is 1.25. The molecular weight excluding hydrogens is 412 g/mol. The van der Waals surface area contributed by atoms with E-state index in [-0.39, 0.29) is 25.5 Å². The Kier molecular flexibility index (Phi) is 6.98. The summed E-state index contributed by atoms with van der Waals surface area (Å²) in [5, 5.41) is 4.54. The number of likely N-dealkylation sites (tertiary alicyclic amines) is 1. The molecular formula is C23H30N4O5. The third-order valence-corrected chi connectivity index (χ3v) is 5.48. The number of hydrogen-bond donors (Lipinski definition) is 2. The van der Waals surface area contributed by atoms with Crippen LogP contribution in [0.4, 0.5) is 0 Å². The second-order valence-corrected chi connectivity index (χ2v) is 9.02. The van der Waals surface area contributed by atoms with Crippen molar-refractivity contribution in [3.8, 4) is 5.88 Å². The van der Waals surface area contributed by atoms with Gasteiger partial charge in [0.2, 0.25) is 23.6 Å². The quantitative estimate of drug-likeness (QED) is 0.665. The number of nitrogens with zero attached hydrogens (tertiary/aromatic N) is 2. The molecule has 0 bridgehead atoms. The number of primary amides is 1. The summed E-state index contributed by atoms with van der Waals surface area (Å²) in [6.07, 6.45) is 1.43. The second kappa shape index (κ2) is 9.52. The van der Waals surface area contributed by atoms with E-state index < -0.39 is 35.4 Å². The minimum absolute atomic E-state index is 0.157. The van der Waals surface area contributed by atoms with Gasteiger partial charge in [-0.25, -0.2) is 4.98 Å². The van der Waals surface area contributed by atoms with Crippen molar-refractivity contribution < 1.29 is 23.9 Å². The highest BCUT2D eigenvalue weighted by molar-refractivity contribution is 5.93. The van der Waals surface area contributed by atoms with Crippen molar-refractivity contribution >= 4 is 28.5 Å². The molecule has 3 rings (SSSR count). The van der Waals surface area contributed by atoms with Crippen molar-refractivity contribution in [1.29, 1.82) is 0 Å². The third kappa shape index (κ3) is 5.16. The van der Waals surface area contributed by atoms with E-state index in [1.807, 2.05) is 51.1 Å². The molecule has 0 unspecified atom stereocenters. The summed E-state index contributed by atoms with van der Waals surface area (Å²) in [7, 11) is 1.40. The molecule has 1 fully saturated rings. The number of carbonyl (C=O) groups excluding carboxylic acids is 3. The molecule has 32 heavy (non-hydrogen) atoms. The van der Waals surface area contributed by atoms with Crippen LogP contribution in [0.25, 0.3) is 10.8 Å². The van der Waals surface area contributed by atoms with Crippen molar-refractivity contribution in [3.63, 3.8) is 0 Å². The average Bonchev–Trinajstić information content (AvgIpc) is 3.15. The molecule has 1 aromatic heterocycles. The lowest BCUT2D eigenvalue weighted by atomic mass is 9.85. The van der Waals surface area contributed by atoms with E-state index >= 15 is 0 Å². The molecule has 3 amide bonds. The van der Waals surface area contributed by atoms with Gasteiger partial charge in [-0.15, -0.1) is 0 Å². The fraction of sp³-hybridized carbons (Fsp3) is 0.478. The Morgan fingerprint density at radius 1 is 1.25 bits per heavy atom. The minimum atomic E-state index is -0.860. The number of rotatable bonds is 7. The molecule has 2 heterocycles. The van der Waals surface area contributed by atoms with Gasteiger partial charge < -0.3 is 25.4 Å². The lowest BCUT2D eigenvalue weighted by Crippen LogP contribution is -2.57. The average molecular weight is 443 g/mol. The molecule has 9 nitrogen and oxygen atoms in total. The predicted molar refractivity (Wildman–Crippen MR) is 119 cm³/mol. The van der Waals surface area contributed by atoms with Gasteiger partial charge in [0.15, 0.2) is 0 Å². The summed E-state index contributed by atoms with van der Waals surface area (Å²) in [5.41, 5.74) is 5.02. The molecule has 9 heteroatoms. The number of nitrogens with two attached hydrogens (primary N) is 1. The van der Waals surface area contributed by atoms with Crippen LogP contribution in [0.5, 0.6) is 5.88 Å². The molecule has 1 aliphatic rings. The summed E-state index contributed by atoms with van der Waals surface area (Å²) in [6, 6.07) is 7.86. The Labute approximate surface area is 187 Å². The number of ether oxygens (including phenoxy) is 2. The molecule has 3 N–H and O–H groups in total. The highest BCUT2D eigenvalue weighted by atomic mass is 16.5. The molecule has 0 aliphatic carbocycles. The third-order valence-electron chi connectivity index (χ3n) is 5.48. The normalized spacial score (nSPS) is 19.6. The van der Waals surface area contributed by atoms with Gasteiger partial charge >= 0.3 is 0 Å². The lowest BCUT2D eigenvalue weighted by Gasteiger charge is -2.35. The van der Waals surface area contributed by atoms with Crippen LogP contribution in [-0.4, -0.2) is 66.1 Å². The zero-order chi connectivity index (χ0) is 23.5. The van der Waals surface area contributed by atoms with Gasteiger partial charge in [0, 0.05) is 25.1 Å². The van der Waals surface area contributed by atoms with Crippen LogP contribution in [-0.2, 0) is 19.1 Å². The highest BCUT2D eigenvalue weighted by Gasteiger charge is 2.45. The standard InChI is InChI=1S/C23H30N4O5/c1-23(2,3)19(26-18(28)13-31-4)22(30)27-12-15(11-17(27)20(24)29)32-21-16-8-6-5-7-14(16)9-10-25-21/h5-10,15,17,19H,11-13H2,1-4H3,(H2,24,29)(H,26,28)/t15-,17+,19-/m1/s1. The maximum Gasteiger partial charge on any atom is 0.246 e. The lowest BCUT2D eigenvalue weighted by molar-refractivity contribution is -0.143. The maximum atomic E-state index is 13.4. The van der Waals surface area contributed by atoms with Crippen LogP contribution in [0.2, 0.25) is 0 Å². The number of benzene rings is 1. The van der Waals surface area contributed by atoms with Crippen molar-refractivity contribution in [1.82, 2.24) is 15.2 Å². The number of aromatic nitrogens is 1. The van der Waals surface area contributed by atoms with Crippen LogP contribution in [0, 0.1) is 5.41 Å². The van der Waals surface area contributed by atoms with Gasteiger partial charge in [-0.3, -0.25) is 14.4 Å². The monoisotopic (exact) mass is 442 g/mol. The summed E-state index contributed by atoms with van der Waals surface area (Å²) in [6.45, 7) is 5.51. The molecule has 1 aromatic carbocycles. The zero-order valence-corrected chi connectivity index (χ0v) is 18.8. The van der Waals surface area contributed by atoms with Crippen molar-refractivity contribution in [2.24, 2.45) is 11.1 Å². The summed E-state index contributed by atoms with van der Waals surface area (Å²) in [4.78, 5) is 43.5. The molecule has 1 saturated heterocycles. The number of amides is 3. The van der Waals surface area contributed by atoms with Gasteiger partial charge in [0.1, 0.15) is 24.8 Å². The van der Waals surface area contributed by atoms with Gasteiger partial charge in [-0.2, -0.15) is 0 Å². The Bertz CT molecular complexity index is 998. The first kappa shape index (κ1) is 23.5. The number of nitrogens with one attached hydrogen (secondary N) is 1. The molecule has 1 aliphatic heterocycles. The first-order valence-electron chi connectivity index (χ1n) is 10.5. The van der Waals surface area contributed by atoms with E-state index in [0.717, 1.165) is 10.8 Å². The number of carbonyl (C=O) groups is 3. The summed E-state index contributed by atoms with van der Waals surface area (Å²) in [5.74, 6) is -0.983. The Hall–Kier alpha value is -3.20. The topological polar surface area (TPSA) is 124 Å². The van der Waals surface area contributed by atoms with Crippen LogP contribution < -0.4 is 15.8 Å². The first-order chi connectivity index (χ1) is 15.1. The van der Waals surface area contributed by atoms with E-state index in [0.29, 0.717) is 5.88 Å². The van der Waals surface area contributed by atoms with E-state index in [1.165, 1.54) is 12.0 Å². The number of pyridine rings is 1. The van der Waals surface area contributed by atoms with Gasteiger partial charge in [-0.05, 0) is 22.9 Å². The smallest absolute Gasteiger partial charge is 0.246 e. The summed E-state index contributed by atoms with van der Waals surface area (Å²) >= 11 is 0. The second-order valence-electron chi connectivity index (χ2n) is 9.02. The number of hydrogen-bond acceptors (Lipinski definition) is 6. The van der Waals surface area contributed by atoms with Gasteiger partial charge in [-0.1, -0.05) is 39.0 Å².